The van der Waals surface area contributed by atoms with Crippen LogP contribution in [0.1, 0.15) is 27.7 Å². The average molecular weight is 406 g/mol. The number of ether oxygens (including phenoxy) is 6. The van der Waals surface area contributed by atoms with Crippen LogP contribution in [0.5, 0.6) is 0 Å². The van der Waals surface area contributed by atoms with Crippen molar-refractivity contribution in [2.24, 2.45) is 0 Å². The minimum atomic E-state index is -1.20. The van der Waals surface area contributed by atoms with E-state index in [1.54, 1.807) is 0 Å². The van der Waals surface area contributed by atoms with E-state index in [-0.39, 0.29) is 12.6 Å². The van der Waals surface area contributed by atoms with Crippen molar-refractivity contribution in [2.45, 2.75) is 57.5 Å². The molecule has 1 aliphatic rings. The molecule has 0 spiro atoms. The molecular formula is C16H22O10S. The van der Waals surface area contributed by atoms with Gasteiger partial charge < -0.3 is 28.4 Å². The first-order chi connectivity index (χ1) is 12.5. The van der Waals surface area contributed by atoms with Crippen LogP contribution in [0.15, 0.2) is 12.5 Å². The zero-order valence-electron chi connectivity index (χ0n) is 15.3. The van der Waals surface area contributed by atoms with Gasteiger partial charge in [-0.25, -0.2) is 0 Å². The molecule has 0 bridgehead atoms. The highest BCUT2D eigenvalue weighted by Gasteiger charge is 2.51. The van der Waals surface area contributed by atoms with Gasteiger partial charge in [0.05, 0.1) is 0 Å². The third kappa shape index (κ3) is 7.47. The lowest BCUT2D eigenvalue weighted by Crippen LogP contribution is -2.60. The summed E-state index contributed by atoms with van der Waals surface area (Å²) in [6, 6.07) is 0. The third-order valence-corrected chi connectivity index (χ3v) is 3.60. The van der Waals surface area contributed by atoms with Gasteiger partial charge in [-0.3, -0.25) is 19.2 Å². The first-order valence-electron chi connectivity index (χ1n) is 7.86. The van der Waals surface area contributed by atoms with Crippen LogP contribution in [0.3, 0.4) is 0 Å². The fourth-order valence-corrected chi connectivity index (χ4v) is 2.74. The molecule has 0 aromatic heterocycles. The molecule has 0 amide bonds. The first-order valence-corrected chi connectivity index (χ1v) is 8.38. The first kappa shape index (κ1) is 22.8. The number of hydrogen-bond donors (Lipinski definition) is 1. The Balaban J connectivity index is 3.12. The monoisotopic (exact) mass is 406 g/mol. The lowest BCUT2D eigenvalue weighted by molar-refractivity contribution is -0.239. The van der Waals surface area contributed by atoms with Gasteiger partial charge in [-0.15, -0.1) is 12.6 Å². The molecule has 0 N–H and O–H groups in total. The molecule has 1 rings (SSSR count). The van der Waals surface area contributed by atoms with E-state index in [2.05, 4.69) is 19.2 Å². The van der Waals surface area contributed by atoms with E-state index in [0.29, 0.717) is 0 Å². The van der Waals surface area contributed by atoms with Crippen LogP contribution < -0.4 is 0 Å². The summed E-state index contributed by atoms with van der Waals surface area (Å²) in [6.45, 7) is 7.78. The third-order valence-electron chi connectivity index (χ3n) is 3.19. The van der Waals surface area contributed by atoms with Crippen molar-refractivity contribution < 1.29 is 47.6 Å². The highest BCUT2D eigenvalue weighted by molar-refractivity contribution is 7.80. The highest BCUT2D eigenvalue weighted by atomic mass is 32.1. The highest BCUT2D eigenvalue weighted by Crippen LogP contribution is 2.31. The summed E-state index contributed by atoms with van der Waals surface area (Å²) in [5.41, 5.74) is -1.02. The maximum Gasteiger partial charge on any atom is 0.310 e. The molecule has 1 fully saturated rings. The second-order valence-corrected chi connectivity index (χ2v) is 6.07. The summed E-state index contributed by atoms with van der Waals surface area (Å²) in [5, 5.41) is 0. The van der Waals surface area contributed by atoms with Crippen LogP contribution in [-0.4, -0.2) is 60.3 Å². The fraction of sp³-hybridized carbons (Fsp3) is 0.625. The van der Waals surface area contributed by atoms with Gasteiger partial charge in [0.2, 0.25) is 0 Å². The standard InChI is InChI=1S/C16H22O10S/c1-7(17)21-6-12-13(23-9(3)19)14(24-10(4)20)15(16(27)26-12)25-11(5)22-8(2)18/h12-16,27H,5-6H2,1-4H3/t12-,13-,14+,15-,16+/m1/s1. The van der Waals surface area contributed by atoms with E-state index >= 15 is 0 Å². The Kier molecular flexibility index (Phi) is 8.57. The molecule has 0 saturated carbocycles. The van der Waals surface area contributed by atoms with Gasteiger partial charge in [0, 0.05) is 27.7 Å². The maximum absolute atomic E-state index is 11.6. The molecule has 11 heteroatoms. The molecule has 1 heterocycles. The van der Waals surface area contributed by atoms with E-state index in [9.17, 15) is 19.2 Å². The Morgan fingerprint density at radius 1 is 0.852 bits per heavy atom. The second kappa shape index (κ2) is 10.2. The Labute approximate surface area is 161 Å². The number of rotatable bonds is 7. The SMILES string of the molecule is C=C(OC(C)=O)O[C@@H]1[C@@H](OC(C)=O)[C@H](OC(C)=O)[C@@H](COC(C)=O)O[C@H]1S. The predicted octanol–water partition coefficient (Wildman–Crippen LogP) is 0.487. The van der Waals surface area contributed by atoms with Crippen molar-refractivity contribution in [1.82, 2.24) is 0 Å². The summed E-state index contributed by atoms with van der Waals surface area (Å²) in [5.74, 6) is -3.03. The molecule has 1 aliphatic heterocycles. The molecule has 5 atom stereocenters. The zero-order chi connectivity index (χ0) is 20.7. The van der Waals surface area contributed by atoms with Crippen molar-refractivity contribution >= 4 is 36.5 Å². The molecule has 0 aromatic rings. The normalized spacial score (nSPS) is 27.1. The van der Waals surface area contributed by atoms with Crippen molar-refractivity contribution in [3.8, 4) is 0 Å². The lowest BCUT2D eigenvalue weighted by atomic mass is 9.99. The van der Waals surface area contributed by atoms with Crippen molar-refractivity contribution in [2.75, 3.05) is 6.61 Å². The van der Waals surface area contributed by atoms with Gasteiger partial charge in [0.1, 0.15) is 18.1 Å². The van der Waals surface area contributed by atoms with E-state index in [0.717, 1.165) is 20.8 Å². The number of carbonyl (C=O) groups is 4. The van der Waals surface area contributed by atoms with Crippen molar-refractivity contribution in [1.29, 1.82) is 0 Å². The average Bonchev–Trinajstić information content (AvgIpc) is 2.50. The molecule has 152 valence electrons. The summed E-state index contributed by atoms with van der Waals surface area (Å²) >= 11 is 4.24. The molecule has 27 heavy (non-hydrogen) atoms. The Bertz CT molecular complexity index is 604. The van der Waals surface area contributed by atoms with Crippen LogP contribution in [0.2, 0.25) is 0 Å². The smallest absolute Gasteiger partial charge is 0.310 e. The molecule has 1 saturated heterocycles. The van der Waals surface area contributed by atoms with Crippen LogP contribution >= 0.6 is 12.6 Å². The van der Waals surface area contributed by atoms with E-state index in [1.807, 2.05) is 0 Å². The van der Waals surface area contributed by atoms with Gasteiger partial charge >= 0.3 is 23.9 Å². The largest absolute Gasteiger partial charge is 0.463 e. The van der Waals surface area contributed by atoms with Crippen molar-refractivity contribution in [3.05, 3.63) is 12.5 Å². The minimum absolute atomic E-state index is 0.278. The van der Waals surface area contributed by atoms with Crippen LogP contribution in [0, 0.1) is 0 Å². The Morgan fingerprint density at radius 2 is 1.41 bits per heavy atom. The van der Waals surface area contributed by atoms with Gasteiger partial charge in [-0.1, -0.05) is 0 Å². The van der Waals surface area contributed by atoms with E-state index < -0.39 is 53.7 Å². The van der Waals surface area contributed by atoms with Gasteiger partial charge in [0.15, 0.2) is 18.3 Å². The molecule has 0 aliphatic carbocycles. The summed E-state index contributed by atoms with van der Waals surface area (Å²) in [4.78, 5) is 45.2. The molecule has 0 aromatic carbocycles. The summed E-state index contributed by atoms with van der Waals surface area (Å²) < 4.78 is 31.1. The second-order valence-electron chi connectivity index (χ2n) is 5.56. The van der Waals surface area contributed by atoms with Gasteiger partial charge in [-0.05, 0) is 6.58 Å². The maximum atomic E-state index is 11.6. The topological polar surface area (TPSA) is 124 Å². The number of thiol groups is 1. The van der Waals surface area contributed by atoms with E-state index in [1.165, 1.54) is 6.92 Å². The van der Waals surface area contributed by atoms with Gasteiger partial charge in [-0.2, -0.15) is 0 Å². The molecule has 0 unspecified atom stereocenters. The van der Waals surface area contributed by atoms with E-state index in [4.69, 9.17) is 28.4 Å². The molecule has 0 radical (unpaired) electrons. The molecular weight excluding hydrogens is 384 g/mol. The van der Waals surface area contributed by atoms with Crippen LogP contribution in [0.4, 0.5) is 0 Å². The van der Waals surface area contributed by atoms with Gasteiger partial charge in [0.25, 0.3) is 5.95 Å². The fourth-order valence-electron chi connectivity index (χ4n) is 2.35. The Hall–Kier alpha value is -2.27. The predicted molar refractivity (Wildman–Crippen MR) is 91.2 cm³/mol. The number of esters is 4. The zero-order valence-corrected chi connectivity index (χ0v) is 16.2. The molecule has 10 nitrogen and oxygen atoms in total. The lowest BCUT2D eigenvalue weighted by Gasteiger charge is -2.43. The number of carbonyl (C=O) groups excluding carboxylic acids is 4. The van der Waals surface area contributed by atoms with Crippen molar-refractivity contribution in [3.63, 3.8) is 0 Å². The summed E-state index contributed by atoms with van der Waals surface area (Å²) in [7, 11) is 0. The minimum Gasteiger partial charge on any atom is -0.463 e. The number of hydrogen-bond acceptors (Lipinski definition) is 11. The summed E-state index contributed by atoms with van der Waals surface area (Å²) in [6.07, 6.45) is -4.49. The quantitative estimate of drug-likeness (QED) is 0.276. The Morgan fingerprint density at radius 3 is 1.89 bits per heavy atom. The van der Waals surface area contributed by atoms with Crippen LogP contribution in [-0.2, 0) is 47.6 Å². The van der Waals surface area contributed by atoms with Crippen LogP contribution in [0.25, 0.3) is 0 Å².